The summed E-state index contributed by atoms with van der Waals surface area (Å²) >= 11 is 2.87. The van der Waals surface area contributed by atoms with Crippen molar-refractivity contribution in [1.82, 2.24) is 10.2 Å². The number of rotatable bonds is 8. The number of nitrogens with zero attached hydrogens (tertiary/aromatic N) is 2. The van der Waals surface area contributed by atoms with Crippen LogP contribution in [-0.2, 0) is 4.79 Å². The molecule has 0 spiro atoms. The Balaban J connectivity index is 1.95. The summed E-state index contributed by atoms with van der Waals surface area (Å²) in [6.45, 7) is 7.57. The van der Waals surface area contributed by atoms with E-state index in [9.17, 15) is 4.79 Å². The van der Waals surface area contributed by atoms with Crippen molar-refractivity contribution in [1.29, 1.82) is 0 Å². The average molecular weight is 349 g/mol. The number of nitrogens with one attached hydrogen (secondary N) is 1. The third-order valence-corrected chi connectivity index (χ3v) is 4.89. The van der Waals surface area contributed by atoms with Crippen LogP contribution in [0.15, 0.2) is 41.3 Å². The van der Waals surface area contributed by atoms with Crippen LogP contribution < -0.4 is 10.1 Å². The van der Waals surface area contributed by atoms with Crippen LogP contribution in [0.1, 0.15) is 18.9 Å². The van der Waals surface area contributed by atoms with Crippen molar-refractivity contribution in [3.05, 3.63) is 42.5 Å². The van der Waals surface area contributed by atoms with Crippen LogP contribution in [-0.4, -0.2) is 28.0 Å². The minimum Gasteiger partial charge on any atom is -0.481 e. The molecule has 1 atom stereocenters. The van der Waals surface area contributed by atoms with Gasteiger partial charge in [0.1, 0.15) is 5.75 Å². The summed E-state index contributed by atoms with van der Waals surface area (Å²) in [4.78, 5) is 12.3. The lowest BCUT2D eigenvalue weighted by Crippen LogP contribution is -2.32. The number of carbonyl (C=O) groups is 1. The number of benzene rings is 1. The summed E-state index contributed by atoms with van der Waals surface area (Å²) < 4.78 is 6.55. The number of carbonyl (C=O) groups excluding carboxylic acids is 1. The maximum atomic E-state index is 12.3. The Morgan fingerprint density at radius 1 is 1.43 bits per heavy atom. The van der Waals surface area contributed by atoms with E-state index in [1.165, 1.54) is 23.1 Å². The van der Waals surface area contributed by atoms with Gasteiger partial charge in [0.05, 0.1) is 0 Å². The van der Waals surface area contributed by atoms with E-state index in [4.69, 9.17) is 4.74 Å². The molecule has 0 saturated carbocycles. The minimum atomic E-state index is -0.564. The maximum Gasteiger partial charge on any atom is 0.267 e. The predicted molar refractivity (Wildman–Crippen MR) is 95.3 cm³/mol. The van der Waals surface area contributed by atoms with E-state index in [0.717, 1.165) is 15.7 Å². The fraction of sp³-hybridized carbons (Fsp3) is 0.312. The van der Waals surface area contributed by atoms with Gasteiger partial charge >= 0.3 is 0 Å². The molecule has 2 rings (SSSR count). The highest BCUT2D eigenvalue weighted by Gasteiger charge is 2.20. The lowest BCUT2D eigenvalue weighted by molar-refractivity contribution is -0.122. The van der Waals surface area contributed by atoms with E-state index in [2.05, 4.69) is 22.1 Å². The van der Waals surface area contributed by atoms with Crippen molar-refractivity contribution in [2.24, 2.45) is 0 Å². The third kappa shape index (κ3) is 5.37. The van der Waals surface area contributed by atoms with E-state index in [1.54, 1.807) is 6.08 Å². The Morgan fingerprint density at radius 2 is 2.17 bits per heavy atom. The van der Waals surface area contributed by atoms with E-state index in [0.29, 0.717) is 17.3 Å². The molecule has 5 nitrogen and oxygen atoms in total. The van der Waals surface area contributed by atoms with Crippen LogP contribution in [0.4, 0.5) is 5.13 Å². The number of hydrogen-bond acceptors (Lipinski definition) is 6. The molecular formula is C16H19N3O2S2. The van der Waals surface area contributed by atoms with Crippen LogP contribution in [0.3, 0.4) is 0 Å². The van der Waals surface area contributed by atoms with Crippen LogP contribution in [0.25, 0.3) is 0 Å². The van der Waals surface area contributed by atoms with Crippen LogP contribution in [0, 0.1) is 6.92 Å². The third-order valence-electron chi connectivity index (χ3n) is 2.92. The summed E-state index contributed by atoms with van der Waals surface area (Å²) in [5, 5.41) is 11.2. The summed E-state index contributed by atoms with van der Waals surface area (Å²) in [6.07, 6.45) is 1.80. The molecule has 1 aromatic carbocycles. The van der Waals surface area contributed by atoms with E-state index in [-0.39, 0.29) is 5.91 Å². The molecule has 1 heterocycles. The molecule has 1 N–H and O–H groups in total. The number of aryl methyl sites for hydroxylation is 1. The molecular weight excluding hydrogens is 330 g/mol. The molecule has 1 aromatic heterocycles. The molecule has 7 heteroatoms. The summed E-state index contributed by atoms with van der Waals surface area (Å²) in [6, 6.07) is 7.63. The molecule has 0 aliphatic carbocycles. The molecule has 0 radical (unpaired) electrons. The van der Waals surface area contributed by atoms with Gasteiger partial charge in [-0.2, -0.15) is 0 Å². The first-order valence-corrected chi connectivity index (χ1v) is 9.04. The first kappa shape index (κ1) is 17.5. The van der Waals surface area contributed by atoms with Crippen molar-refractivity contribution < 1.29 is 9.53 Å². The second kappa shape index (κ2) is 8.69. The lowest BCUT2D eigenvalue weighted by Gasteiger charge is -2.16. The van der Waals surface area contributed by atoms with Gasteiger partial charge in [-0.15, -0.1) is 16.8 Å². The second-order valence-electron chi connectivity index (χ2n) is 4.79. The second-order valence-corrected chi connectivity index (χ2v) is 7.03. The quantitative estimate of drug-likeness (QED) is 0.444. The molecule has 2 aromatic rings. The maximum absolute atomic E-state index is 12.3. The predicted octanol–water partition coefficient (Wildman–Crippen LogP) is 3.92. The van der Waals surface area contributed by atoms with E-state index in [1.807, 2.05) is 38.1 Å². The van der Waals surface area contributed by atoms with Gasteiger partial charge < -0.3 is 4.74 Å². The molecule has 1 amide bonds. The highest BCUT2D eigenvalue weighted by Crippen LogP contribution is 2.25. The number of thioether (sulfide) groups is 1. The van der Waals surface area contributed by atoms with Crippen LogP contribution in [0.5, 0.6) is 5.75 Å². The largest absolute Gasteiger partial charge is 0.481 e. The molecule has 0 aliphatic rings. The Hall–Kier alpha value is -1.86. The number of anilines is 1. The minimum absolute atomic E-state index is 0.218. The fourth-order valence-corrected chi connectivity index (χ4v) is 3.25. The lowest BCUT2D eigenvalue weighted by atomic mass is 10.2. The number of hydrogen-bond donors (Lipinski definition) is 1. The van der Waals surface area contributed by atoms with Crippen molar-refractivity contribution in [3.63, 3.8) is 0 Å². The molecule has 0 fully saturated rings. The molecule has 0 aliphatic heterocycles. The first-order valence-electron chi connectivity index (χ1n) is 7.23. The van der Waals surface area contributed by atoms with Gasteiger partial charge in [0.15, 0.2) is 10.4 Å². The van der Waals surface area contributed by atoms with Crippen molar-refractivity contribution in [2.75, 3.05) is 11.1 Å². The smallest absolute Gasteiger partial charge is 0.267 e. The topological polar surface area (TPSA) is 64.1 Å². The van der Waals surface area contributed by atoms with Crippen LogP contribution in [0.2, 0.25) is 0 Å². The van der Waals surface area contributed by atoms with Gasteiger partial charge in [0, 0.05) is 5.75 Å². The summed E-state index contributed by atoms with van der Waals surface area (Å²) in [5.74, 6) is 1.22. The van der Waals surface area contributed by atoms with Crippen molar-refractivity contribution in [2.45, 2.75) is 30.7 Å². The zero-order valence-corrected chi connectivity index (χ0v) is 14.7. The van der Waals surface area contributed by atoms with E-state index < -0.39 is 6.10 Å². The van der Waals surface area contributed by atoms with Gasteiger partial charge in [0.25, 0.3) is 5.91 Å². The summed E-state index contributed by atoms with van der Waals surface area (Å²) in [7, 11) is 0. The molecule has 23 heavy (non-hydrogen) atoms. The van der Waals surface area contributed by atoms with Crippen molar-refractivity contribution in [3.8, 4) is 5.75 Å². The Bertz CT molecular complexity index is 656. The normalized spacial score (nSPS) is 11.7. The molecule has 122 valence electrons. The van der Waals surface area contributed by atoms with Crippen molar-refractivity contribution >= 4 is 34.1 Å². The zero-order chi connectivity index (χ0) is 16.7. The molecule has 1 unspecified atom stereocenters. The average Bonchev–Trinajstić information content (AvgIpc) is 2.99. The summed E-state index contributed by atoms with van der Waals surface area (Å²) in [5.41, 5.74) is 1.15. The Kier molecular flexibility index (Phi) is 6.61. The molecule has 0 saturated heterocycles. The van der Waals surface area contributed by atoms with E-state index >= 15 is 0 Å². The number of ether oxygens (including phenoxy) is 1. The number of aromatic nitrogens is 2. The zero-order valence-electron chi connectivity index (χ0n) is 13.1. The Morgan fingerprint density at radius 3 is 2.83 bits per heavy atom. The van der Waals surface area contributed by atoms with Gasteiger partial charge in [0.2, 0.25) is 5.13 Å². The van der Waals surface area contributed by atoms with Crippen LogP contribution >= 0.6 is 23.1 Å². The standard InChI is InChI=1S/C16H19N3O2S2/c1-4-10-22-16-19-18-15(23-16)17-14(20)13(5-2)21-12-8-6-11(3)7-9-12/h4,6-9,13H,1,5,10H2,2-3H3,(H,17,18,20). The fourth-order valence-electron chi connectivity index (χ4n) is 1.74. The molecule has 0 bridgehead atoms. The highest BCUT2D eigenvalue weighted by atomic mass is 32.2. The SMILES string of the molecule is C=CCSc1nnc(NC(=O)C(CC)Oc2ccc(C)cc2)s1. The number of amides is 1. The highest BCUT2D eigenvalue weighted by molar-refractivity contribution is 8.01. The Labute approximate surface area is 144 Å². The van der Waals surface area contributed by atoms with Gasteiger partial charge in [-0.25, -0.2) is 0 Å². The van der Waals surface area contributed by atoms with Gasteiger partial charge in [-0.3, -0.25) is 10.1 Å². The first-order chi connectivity index (χ1) is 11.1. The van der Waals surface area contributed by atoms with Gasteiger partial charge in [-0.05, 0) is 25.5 Å². The monoisotopic (exact) mass is 349 g/mol. The van der Waals surface area contributed by atoms with Gasteiger partial charge in [-0.1, -0.05) is 53.8 Å².